The van der Waals surface area contributed by atoms with Crippen LogP contribution in [0.4, 0.5) is 0 Å². The van der Waals surface area contributed by atoms with Crippen LogP contribution in [0.25, 0.3) is 0 Å². The third-order valence-corrected chi connectivity index (χ3v) is 1.18. The van der Waals surface area contributed by atoms with E-state index in [1.165, 1.54) is 5.56 Å². The van der Waals surface area contributed by atoms with E-state index < -0.39 is 0 Å². The first-order chi connectivity index (χ1) is 5.43. The van der Waals surface area contributed by atoms with Crippen LogP contribution in [0.1, 0.15) is 19.4 Å². The molecule has 62 valence electrons. The minimum absolute atomic E-state index is 0.712. The fraction of sp³-hybridized carbons (Fsp3) is 0.444. The second-order valence-corrected chi connectivity index (χ2v) is 1.89. The van der Waals surface area contributed by atoms with Crippen LogP contribution in [0.3, 0.4) is 0 Å². The molecule has 0 amide bonds. The summed E-state index contributed by atoms with van der Waals surface area (Å²) in [4.78, 5) is 3.89. The minimum Gasteiger partial charge on any atom is -0.330 e. The highest BCUT2D eigenvalue weighted by molar-refractivity contribution is 5.09. The number of aromatic nitrogens is 1. The lowest BCUT2D eigenvalue weighted by molar-refractivity contribution is 0.964. The van der Waals surface area contributed by atoms with Crippen LogP contribution >= 0.6 is 0 Å². The first-order valence-electron chi connectivity index (χ1n) is 4.02. The average molecular weight is 152 g/mol. The van der Waals surface area contributed by atoms with Crippen molar-refractivity contribution in [2.75, 3.05) is 6.54 Å². The molecule has 0 saturated heterocycles. The van der Waals surface area contributed by atoms with Gasteiger partial charge in [0.05, 0.1) is 0 Å². The summed E-state index contributed by atoms with van der Waals surface area (Å²) in [5.74, 6) is 0. The Bertz CT molecular complexity index is 160. The molecule has 0 aliphatic carbocycles. The summed E-state index contributed by atoms with van der Waals surface area (Å²) >= 11 is 0. The summed E-state index contributed by atoms with van der Waals surface area (Å²) in [6.45, 7) is 4.71. The normalized spacial score (nSPS) is 8.27. The second kappa shape index (κ2) is 7.22. The van der Waals surface area contributed by atoms with Crippen LogP contribution in [-0.2, 0) is 6.42 Å². The van der Waals surface area contributed by atoms with Crippen molar-refractivity contribution in [1.82, 2.24) is 4.98 Å². The molecule has 1 aromatic rings. The van der Waals surface area contributed by atoms with Crippen molar-refractivity contribution in [3.8, 4) is 0 Å². The van der Waals surface area contributed by atoms with E-state index in [-0.39, 0.29) is 0 Å². The van der Waals surface area contributed by atoms with E-state index in [9.17, 15) is 0 Å². The molecule has 0 radical (unpaired) electrons. The number of hydrogen-bond acceptors (Lipinski definition) is 2. The van der Waals surface area contributed by atoms with Crippen LogP contribution in [0, 0.1) is 0 Å². The van der Waals surface area contributed by atoms with Crippen molar-refractivity contribution in [3.63, 3.8) is 0 Å². The highest BCUT2D eigenvalue weighted by Crippen LogP contribution is 1.94. The van der Waals surface area contributed by atoms with Crippen molar-refractivity contribution >= 4 is 0 Å². The number of nitrogens with two attached hydrogens (primary N) is 1. The lowest BCUT2D eigenvalue weighted by Gasteiger charge is -1.93. The van der Waals surface area contributed by atoms with E-state index in [0.29, 0.717) is 6.54 Å². The smallest absolute Gasteiger partial charge is 0.0270 e. The van der Waals surface area contributed by atoms with Crippen LogP contribution in [-0.4, -0.2) is 11.5 Å². The van der Waals surface area contributed by atoms with Crippen LogP contribution in [0.15, 0.2) is 24.5 Å². The molecule has 11 heavy (non-hydrogen) atoms. The topological polar surface area (TPSA) is 38.9 Å². The number of rotatable bonds is 2. The molecule has 0 aliphatic rings. The number of pyridine rings is 1. The van der Waals surface area contributed by atoms with Crippen LogP contribution in [0.2, 0.25) is 0 Å². The average Bonchev–Trinajstić information content (AvgIpc) is 2.11. The van der Waals surface area contributed by atoms with Gasteiger partial charge in [0.2, 0.25) is 0 Å². The fourth-order valence-electron chi connectivity index (χ4n) is 0.716. The molecule has 0 bridgehead atoms. The van der Waals surface area contributed by atoms with Gasteiger partial charge in [0.1, 0.15) is 0 Å². The summed E-state index contributed by atoms with van der Waals surface area (Å²) < 4.78 is 0. The van der Waals surface area contributed by atoms with Crippen LogP contribution in [0.5, 0.6) is 0 Å². The van der Waals surface area contributed by atoms with Gasteiger partial charge in [0.15, 0.2) is 0 Å². The minimum atomic E-state index is 0.712. The third kappa shape index (κ3) is 4.51. The van der Waals surface area contributed by atoms with Gasteiger partial charge in [-0.2, -0.15) is 0 Å². The fourth-order valence-corrected chi connectivity index (χ4v) is 0.716. The Morgan fingerprint density at radius 3 is 2.27 bits per heavy atom. The predicted molar refractivity (Wildman–Crippen MR) is 48.3 cm³/mol. The van der Waals surface area contributed by atoms with Gasteiger partial charge in [0, 0.05) is 12.4 Å². The Morgan fingerprint density at radius 2 is 1.82 bits per heavy atom. The summed E-state index contributed by atoms with van der Waals surface area (Å²) in [6.07, 6.45) is 4.51. The molecule has 0 fully saturated rings. The van der Waals surface area contributed by atoms with Gasteiger partial charge < -0.3 is 5.73 Å². The molecule has 0 saturated carbocycles. The predicted octanol–water partition coefficient (Wildman–Crippen LogP) is 1.61. The summed E-state index contributed by atoms with van der Waals surface area (Å²) in [7, 11) is 0. The largest absolute Gasteiger partial charge is 0.330 e. The molecule has 2 N–H and O–H groups in total. The van der Waals surface area contributed by atoms with Crippen molar-refractivity contribution in [3.05, 3.63) is 30.1 Å². The molecular weight excluding hydrogens is 136 g/mol. The van der Waals surface area contributed by atoms with E-state index >= 15 is 0 Å². The van der Waals surface area contributed by atoms with Gasteiger partial charge in [-0.25, -0.2) is 0 Å². The lowest BCUT2D eigenvalue weighted by Crippen LogP contribution is -2.02. The lowest BCUT2D eigenvalue weighted by atomic mass is 10.2. The van der Waals surface area contributed by atoms with Crippen LogP contribution < -0.4 is 5.73 Å². The Hall–Kier alpha value is -0.890. The molecule has 0 aliphatic heterocycles. The Morgan fingerprint density at radius 1 is 1.27 bits per heavy atom. The monoisotopic (exact) mass is 152 g/mol. The van der Waals surface area contributed by atoms with E-state index in [0.717, 1.165) is 6.42 Å². The Balaban J connectivity index is 0.000000461. The second-order valence-electron chi connectivity index (χ2n) is 1.89. The van der Waals surface area contributed by atoms with Crippen molar-refractivity contribution in [2.45, 2.75) is 20.3 Å². The maximum atomic E-state index is 5.34. The maximum absolute atomic E-state index is 5.34. The Labute approximate surface area is 68.5 Å². The maximum Gasteiger partial charge on any atom is 0.0270 e. The van der Waals surface area contributed by atoms with E-state index in [4.69, 9.17) is 5.73 Å². The van der Waals surface area contributed by atoms with Crippen molar-refractivity contribution in [1.29, 1.82) is 0 Å². The summed E-state index contributed by atoms with van der Waals surface area (Å²) in [5, 5.41) is 0. The first kappa shape index (κ1) is 10.1. The standard InChI is InChI=1S/C7H10N2.C2H6/c8-4-1-7-2-5-9-6-3-7;1-2/h2-3,5-6H,1,4,8H2;1-2H3. The zero-order valence-corrected chi connectivity index (χ0v) is 7.25. The van der Waals surface area contributed by atoms with Gasteiger partial charge in [-0.1, -0.05) is 13.8 Å². The van der Waals surface area contributed by atoms with Crippen molar-refractivity contribution in [2.24, 2.45) is 5.73 Å². The number of nitrogens with zero attached hydrogens (tertiary/aromatic N) is 1. The summed E-state index contributed by atoms with van der Waals surface area (Å²) in [6, 6.07) is 3.96. The third-order valence-electron chi connectivity index (χ3n) is 1.18. The van der Waals surface area contributed by atoms with Gasteiger partial charge in [-0.15, -0.1) is 0 Å². The van der Waals surface area contributed by atoms with Gasteiger partial charge in [0.25, 0.3) is 0 Å². The molecule has 1 heterocycles. The summed E-state index contributed by atoms with van der Waals surface area (Å²) in [5.41, 5.74) is 6.60. The van der Waals surface area contributed by atoms with E-state index in [1.807, 2.05) is 26.0 Å². The Kier molecular flexibility index (Phi) is 6.64. The highest BCUT2D eigenvalue weighted by Gasteiger charge is 1.85. The van der Waals surface area contributed by atoms with E-state index in [1.54, 1.807) is 12.4 Å². The molecule has 0 atom stereocenters. The molecule has 2 nitrogen and oxygen atoms in total. The molecule has 0 spiro atoms. The molecule has 1 aromatic heterocycles. The molecular formula is C9H16N2. The zero-order chi connectivity index (χ0) is 8.53. The van der Waals surface area contributed by atoms with Crippen molar-refractivity contribution < 1.29 is 0 Å². The molecule has 2 heteroatoms. The SMILES string of the molecule is CC.NCCc1ccncc1. The van der Waals surface area contributed by atoms with Gasteiger partial charge >= 0.3 is 0 Å². The van der Waals surface area contributed by atoms with Gasteiger partial charge in [-0.3, -0.25) is 4.98 Å². The molecule has 1 rings (SSSR count). The molecule has 0 unspecified atom stereocenters. The highest BCUT2D eigenvalue weighted by atomic mass is 14.6. The molecule has 0 aromatic carbocycles. The number of hydrogen-bond donors (Lipinski definition) is 1. The zero-order valence-electron chi connectivity index (χ0n) is 7.25. The van der Waals surface area contributed by atoms with E-state index in [2.05, 4.69) is 4.98 Å². The quantitative estimate of drug-likeness (QED) is 0.699. The first-order valence-corrected chi connectivity index (χ1v) is 4.02. The van der Waals surface area contributed by atoms with Gasteiger partial charge in [-0.05, 0) is 30.7 Å².